The number of hydrogen-bond acceptors (Lipinski definition) is 4. The summed E-state index contributed by atoms with van der Waals surface area (Å²) in [6, 6.07) is 9.84. The highest BCUT2D eigenvalue weighted by Crippen LogP contribution is 2.20. The summed E-state index contributed by atoms with van der Waals surface area (Å²) in [5, 5.41) is 16.4. The van der Waals surface area contributed by atoms with Crippen LogP contribution in [0.25, 0.3) is 11.8 Å². The molecule has 1 amide bonds. The summed E-state index contributed by atoms with van der Waals surface area (Å²) in [7, 11) is 0. The average Bonchev–Trinajstić information content (AvgIpc) is 3.06. The Balaban J connectivity index is 2.01. The van der Waals surface area contributed by atoms with E-state index in [1.165, 1.54) is 12.1 Å². The number of nitrogens with one attached hydrogen (secondary N) is 2. The van der Waals surface area contributed by atoms with E-state index in [9.17, 15) is 14.9 Å². The van der Waals surface area contributed by atoms with Gasteiger partial charge in [0.1, 0.15) is 5.70 Å². The zero-order valence-electron chi connectivity index (χ0n) is 11.1. The summed E-state index contributed by atoms with van der Waals surface area (Å²) in [5.41, 5.74) is 1.66. The Bertz CT molecular complexity index is 825. The zero-order valence-corrected chi connectivity index (χ0v) is 12.0. The van der Waals surface area contributed by atoms with E-state index < -0.39 is 4.92 Å². The first kappa shape index (κ1) is 14.0. The summed E-state index contributed by atoms with van der Waals surface area (Å²) in [6.45, 7) is 0. The number of nitrogens with zero attached hydrogens (tertiary/aromatic N) is 2. The molecule has 3 rings (SSSR count). The van der Waals surface area contributed by atoms with Crippen molar-refractivity contribution >= 4 is 35.0 Å². The summed E-state index contributed by atoms with van der Waals surface area (Å²) in [4.78, 5) is 22.1. The fraction of sp³-hybridized carbons (Fsp3) is 0. The molecule has 0 spiro atoms. The lowest BCUT2D eigenvalue weighted by atomic mass is 10.2. The maximum atomic E-state index is 11.7. The van der Waals surface area contributed by atoms with Gasteiger partial charge in [0.25, 0.3) is 11.6 Å². The van der Waals surface area contributed by atoms with Crippen LogP contribution in [0.3, 0.4) is 0 Å². The van der Waals surface area contributed by atoms with Crippen LogP contribution in [0.4, 0.5) is 5.69 Å². The van der Waals surface area contributed by atoms with E-state index in [1.54, 1.807) is 41.1 Å². The van der Waals surface area contributed by atoms with Gasteiger partial charge in [0.2, 0.25) is 0 Å². The van der Waals surface area contributed by atoms with E-state index in [0.29, 0.717) is 17.1 Å². The minimum Gasteiger partial charge on any atom is -0.328 e. The zero-order chi connectivity index (χ0) is 15.7. The first-order chi connectivity index (χ1) is 10.5. The monoisotopic (exact) mass is 314 g/mol. The minimum absolute atomic E-state index is 0.00251. The molecule has 7 nitrogen and oxygen atoms in total. The van der Waals surface area contributed by atoms with E-state index in [4.69, 9.17) is 12.2 Å². The molecule has 8 heteroatoms. The van der Waals surface area contributed by atoms with Gasteiger partial charge in [-0.1, -0.05) is 6.07 Å². The summed E-state index contributed by atoms with van der Waals surface area (Å²) >= 11 is 4.88. The summed E-state index contributed by atoms with van der Waals surface area (Å²) in [5.74, 6) is -0.309. The van der Waals surface area contributed by atoms with Gasteiger partial charge in [-0.25, -0.2) is 0 Å². The quantitative estimate of drug-likeness (QED) is 0.390. The second kappa shape index (κ2) is 5.41. The lowest BCUT2D eigenvalue weighted by molar-refractivity contribution is -0.384. The van der Waals surface area contributed by atoms with Crippen LogP contribution >= 0.6 is 12.2 Å². The Morgan fingerprint density at radius 2 is 2.05 bits per heavy atom. The highest BCUT2D eigenvalue weighted by molar-refractivity contribution is 7.80. The van der Waals surface area contributed by atoms with Crippen LogP contribution in [0.1, 0.15) is 5.69 Å². The molecule has 0 radical (unpaired) electrons. The number of aromatic nitrogens is 1. The van der Waals surface area contributed by atoms with Crippen molar-refractivity contribution in [3.63, 3.8) is 0 Å². The SMILES string of the molecule is O=C1NC(=S)N/C1=C/c1cccn1-c1cccc([N+](=O)[O-])c1. The summed E-state index contributed by atoms with van der Waals surface area (Å²) in [6.07, 6.45) is 3.39. The Morgan fingerprint density at radius 3 is 2.73 bits per heavy atom. The molecule has 0 saturated carbocycles. The number of nitro groups is 1. The van der Waals surface area contributed by atoms with Crippen LogP contribution in [0.15, 0.2) is 48.3 Å². The van der Waals surface area contributed by atoms with E-state index >= 15 is 0 Å². The molecule has 2 N–H and O–H groups in total. The van der Waals surface area contributed by atoms with Crippen molar-refractivity contribution in [3.8, 4) is 5.69 Å². The summed E-state index contributed by atoms with van der Waals surface area (Å²) < 4.78 is 1.75. The second-order valence-electron chi connectivity index (χ2n) is 4.55. The van der Waals surface area contributed by atoms with Crippen LogP contribution < -0.4 is 10.6 Å². The normalized spacial score (nSPS) is 15.7. The largest absolute Gasteiger partial charge is 0.328 e. The van der Waals surface area contributed by atoms with Gasteiger partial charge in [-0.2, -0.15) is 0 Å². The molecule has 1 aromatic heterocycles. The number of rotatable bonds is 3. The molecule has 2 heterocycles. The second-order valence-corrected chi connectivity index (χ2v) is 4.95. The van der Waals surface area contributed by atoms with Crippen LogP contribution in [-0.2, 0) is 4.79 Å². The standard InChI is InChI=1S/C14H10N4O3S/c19-13-12(15-14(22)16-13)8-10-5-2-6-17(10)9-3-1-4-11(7-9)18(20)21/h1-8H,(H2,15,16,19,22)/b12-8+. The van der Waals surface area contributed by atoms with Crippen molar-refractivity contribution in [1.29, 1.82) is 0 Å². The Kier molecular flexibility index (Phi) is 3.43. The number of non-ortho nitro benzene ring substituents is 1. The number of amides is 1. The third-order valence-electron chi connectivity index (χ3n) is 3.11. The van der Waals surface area contributed by atoms with E-state index in [1.807, 2.05) is 0 Å². The first-order valence-electron chi connectivity index (χ1n) is 6.31. The molecule has 1 aliphatic heterocycles. The topological polar surface area (TPSA) is 89.2 Å². The van der Waals surface area contributed by atoms with Gasteiger partial charge in [0, 0.05) is 24.0 Å². The number of benzene rings is 1. The minimum atomic E-state index is -0.449. The number of carbonyl (C=O) groups excluding carboxylic acids is 1. The molecule has 0 atom stereocenters. The van der Waals surface area contributed by atoms with Gasteiger partial charge in [-0.3, -0.25) is 20.2 Å². The van der Waals surface area contributed by atoms with Crippen LogP contribution in [0, 0.1) is 10.1 Å². The molecule has 22 heavy (non-hydrogen) atoms. The molecule has 1 fully saturated rings. The van der Waals surface area contributed by atoms with Crippen molar-refractivity contribution in [3.05, 3.63) is 64.1 Å². The van der Waals surface area contributed by atoms with Crippen molar-refractivity contribution in [2.45, 2.75) is 0 Å². The molecule has 0 aliphatic carbocycles. The molecular weight excluding hydrogens is 304 g/mol. The van der Waals surface area contributed by atoms with Crippen molar-refractivity contribution < 1.29 is 9.72 Å². The van der Waals surface area contributed by atoms with Crippen molar-refractivity contribution in [1.82, 2.24) is 15.2 Å². The third-order valence-corrected chi connectivity index (χ3v) is 3.32. The fourth-order valence-corrected chi connectivity index (χ4v) is 2.34. The van der Waals surface area contributed by atoms with Crippen molar-refractivity contribution in [2.75, 3.05) is 0 Å². The Labute approximate surface area is 130 Å². The first-order valence-corrected chi connectivity index (χ1v) is 6.71. The van der Waals surface area contributed by atoms with Crippen LogP contribution in [-0.4, -0.2) is 20.5 Å². The molecule has 0 bridgehead atoms. The smallest absolute Gasteiger partial charge is 0.273 e. The van der Waals surface area contributed by atoms with Gasteiger partial charge in [-0.05, 0) is 36.5 Å². The fourth-order valence-electron chi connectivity index (χ4n) is 2.13. The van der Waals surface area contributed by atoms with E-state index in [2.05, 4.69) is 10.6 Å². The lowest BCUT2D eigenvalue weighted by Gasteiger charge is -2.07. The predicted octanol–water partition coefficient (Wildman–Crippen LogP) is 1.73. The van der Waals surface area contributed by atoms with Gasteiger partial charge in [0.05, 0.1) is 10.6 Å². The maximum absolute atomic E-state index is 11.7. The van der Waals surface area contributed by atoms with Gasteiger partial charge >= 0.3 is 0 Å². The lowest BCUT2D eigenvalue weighted by Crippen LogP contribution is -2.21. The number of nitro benzene ring substituents is 1. The van der Waals surface area contributed by atoms with Gasteiger partial charge in [-0.15, -0.1) is 0 Å². The van der Waals surface area contributed by atoms with Crippen molar-refractivity contribution in [2.24, 2.45) is 0 Å². The molecule has 110 valence electrons. The van der Waals surface area contributed by atoms with E-state index in [-0.39, 0.29) is 16.7 Å². The Morgan fingerprint density at radius 1 is 1.23 bits per heavy atom. The maximum Gasteiger partial charge on any atom is 0.273 e. The third kappa shape index (κ3) is 2.59. The molecule has 1 aromatic carbocycles. The molecule has 0 unspecified atom stereocenters. The van der Waals surface area contributed by atoms with Crippen LogP contribution in [0.5, 0.6) is 0 Å². The van der Waals surface area contributed by atoms with E-state index in [0.717, 1.165) is 0 Å². The number of hydrogen-bond donors (Lipinski definition) is 2. The van der Waals surface area contributed by atoms with Gasteiger partial charge < -0.3 is 9.88 Å². The molecule has 1 saturated heterocycles. The van der Waals surface area contributed by atoms with Gasteiger partial charge in [0.15, 0.2) is 5.11 Å². The number of thiocarbonyl (C=S) groups is 1. The number of carbonyl (C=O) groups is 1. The molecule has 1 aliphatic rings. The molecule has 2 aromatic rings. The highest BCUT2D eigenvalue weighted by atomic mass is 32.1. The highest BCUT2D eigenvalue weighted by Gasteiger charge is 2.20. The van der Waals surface area contributed by atoms with Crippen LogP contribution in [0.2, 0.25) is 0 Å². The predicted molar refractivity (Wildman–Crippen MR) is 84.3 cm³/mol. The average molecular weight is 314 g/mol. The molecular formula is C14H10N4O3S. The Hall–Kier alpha value is -3.00.